The van der Waals surface area contributed by atoms with E-state index in [4.69, 9.17) is 9.47 Å². The lowest BCUT2D eigenvalue weighted by atomic mass is 9.85. The first kappa shape index (κ1) is 18.4. The fourth-order valence-corrected chi connectivity index (χ4v) is 4.13. The Hall–Kier alpha value is -1.44. The zero-order chi connectivity index (χ0) is 18.4. The van der Waals surface area contributed by atoms with Gasteiger partial charge >= 0.3 is 11.9 Å². The molecule has 6 atom stereocenters. The Balaban J connectivity index is 1.91. The molecule has 3 aliphatic heterocycles. The summed E-state index contributed by atoms with van der Waals surface area (Å²) in [5.74, 6) is -1.97. The van der Waals surface area contributed by atoms with Crippen LogP contribution in [0.1, 0.15) is 33.6 Å². The summed E-state index contributed by atoms with van der Waals surface area (Å²) in [7, 11) is 0. The van der Waals surface area contributed by atoms with Crippen molar-refractivity contribution in [3.8, 4) is 0 Å². The molecule has 0 spiro atoms. The number of esters is 2. The van der Waals surface area contributed by atoms with Gasteiger partial charge in [0.2, 0.25) is 0 Å². The number of nitrogens with zero attached hydrogens (tertiary/aromatic N) is 1. The number of aliphatic hydroxyl groups is 2. The summed E-state index contributed by atoms with van der Waals surface area (Å²) in [5, 5.41) is 20.9. The van der Waals surface area contributed by atoms with Crippen molar-refractivity contribution in [2.45, 2.75) is 57.5 Å². The number of rotatable bonds is 0. The van der Waals surface area contributed by atoms with Crippen LogP contribution in [0, 0.1) is 11.8 Å². The summed E-state index contributed by atoms with van der Waals surface area (Å²) in [6.45, 7) is 6.07. The highest BCUT2D eigenvalue weighted by molar-refractivity contribution is 5.89. The quantitative estimate of drug-likeness (QED) is 0.476. The van der Waals surface area contributed by atoms with Crippen molar-refractivity contribution >= 4 is 11.9 Å². The third kappa shape index (κ3) is 3.20. The summed E-state index contributed by atoms with van der Waals surface area (Å²) in [5.41, 5.74) is -1.28. The molecule has 3 rings (SSSR count). The molecule has 3 saturated heterocycles. The molecule has 2 N–H and O–H groups in total. The van der Waals surface area contributed by atoms with Crippen molar-refractivity contribution in [2.24, 2.45) is 11.8 Å². The lowest BCUT2D eigenvalue weighted by molar-refractivity contribution is -0.173. The number of hydrogen-bond acceptors (Lipinski definition) is 7. The minimum atomic E-state index is -1.72. The van der Waals surface area contributed by atoms with Gasteiger partial charge in [-0.1, -0.05) is 13.0 Å². The molecule has 25 heavy (non-hydrogen) atoms. The van der Waals surface area contributed by atoms with Gasteiger partial charge in [0.05, 0.1) is 18.8 Å². The predicted molar refractivity (Wildman–Crippen MR) is 88.5 cm³/mol. The molecule has 0 bridgehead atoms. The minimum Gasteiger partial charge on any atom is -0.463 e. The maximum Gasteiger partial charge on any atom is 0.338 e. The van der Waals surface area contributed by atoms with Crippen LogP contribution in [0.15, 0.2) is 11.6 Å². The lowest BCUT2D eigenvalue weighted by Gasteiger charge is -2.32. The summed E-state index contributed by atoms with van der Waals surface area (Å²) in [4.78, 5) is 27.1. The highest BCUT2D eigenvalue weighted by Gasteiger charge is 2.51. The number of carbonyl (C=O) groups is 2. The molecule has 0 saturated carbocycles. The van der Waals surface area contributed by atoms with E-state index in [1.807, 2.05) is 0 Å². The number of aliphatic hydroxyl groups excluding tert-OH is 1. The van der Waals surface area contributed by atoms with Crippen molar-refractivity contribution in [1.29, 1.82) is 0 Å². The number of allylic oxidation sites excluding steroid dienone is 1. The number of cyclic esters (lactones) is 1. The second-order valence-corrected chi connectivity index (χ2v) is 7.61. The topological polar surface area (TPSA) is 96.3 Å². The fraction of sp³-hybridized carbons (Fsp3) is 0.778. The largest absolute Gasteiger partial charge is 0.463 e. The molecule has 0 radical (unpaired) electrons. The van der Waals surface area contributed by atoms with Crippen LogP contribution in [-0.4, -0.2) is 70.6 Å². The van der Waals surface area contributed by atoms with E-state index in [2.05, 4.69) is 4.90 Å². The van der Waals surface area contributed by atoms with Crippen molar-refractivity contribution < 1.29 is 29.3 Å². The van der Waals surface area contributed by atoms with Gasteiger partial charge in [0.25, 0.3) is 0 Å². The number of hydrogen-bond donors (Lipinski definition) is 2. The van der Waals surface area contributed by atoms with E-state index in [0.29, 0.717) is 18.5 Å². The second-order valence-electron chi connectivity index (χ2n) is 7.61. The number of ether oxygens (including phenoxy) is 2. The standard InChI is InChI=1S/C18H27NO6/c1-4-11-7-10(2)18(3,23)17(22)24-9-12-13(20)8-19-6-5-14(15(12)19)25-16(11)21/h4,10,12-15,20,23H,5-9H2,1-3H3/t10-,12+,13-,14-,15-,18-/m1/s1. The van der Waals surface area contributed by atoms with Crippen LogP contribution in [0.25, 0.3) is 0 Å². The molecular weight excluding hydrogens is 326 g/mol. The summed E-state index contributed by atoms with van der Waals surface area (Å²) in [6, 6.07) is -0.161. The first-order valence-electron chi connectivity index (χ1n) is 8.93. The molecular formula is C18H27NO6. The maximum absolute atomic E-state index is 12.6. The lowest BCUT2D eigenvalue weighted by Crippen LogP contribution is -2.47. The Labute approximate surface area is 147 Å². The first-order chi connectivity index (χ1) is 11.8. The molecule has 0 aromatic rings. The molecule has 3 fully saturated rings. The molecule has 7 nitrogen and oxygen atoms in total. The van der Waals surface area contributed by atoms with Gasteiger partial charge in [-0.2, -0.15) is 0 Å². The summed E-state index contributed by atoms with van der Waals surface area (Å²) in [6.07, 6.45) is 1.63. The van der Waals surface area contributed by atoms with Crippen molar-refractivity contribution in [1.82, 2.24) is 4.90 Å². The van der Waals surface area contributed by atoms with E-state index in [1.165, 1.54) is 6.92 Å². The first-order valence-corrected chi connectivity index (χ1v) is 8.93. The molecule has 0 aromatic carbocycles. The smallest absolute Gasteiger partial charge is 0.338 e. The Morgan fingerprint density at radius 1 is 1.36 bits per heavy atom. The van der Waals surface area contributed by atoms with E-state index in [9.17, 15) is 19.8 Å². The van der Waals surface area contributed by atoms with Crippen molar-refractivity contribution in [3.05, 3.63) is 11.6 Å². The zero-order valence-electron chi connectivity index (χ0n) is 15.0. The van der Waals surface area contributed by atoms with E-state index in [-0.39, 0.29) is 31.1 Å². The highest BCUT2D eigenvalue weighted by atomic mass is 16.6. The summed E-state index contributed by atoms with van der Waals surface area (Å²) >= 11 is 0. The van der Waals surface area contributed by atoms with Crippen molar-refractivity contribution in [2.75, 3.05) is 19.7 Å². The molecule has 0 aliphatic carbocycles. The van der Waals surface area contributed by atoms with Gasteiger partial charge in [-0.05, 0) is 32.6 Å². The monoisotopic (exact) mass is 353 g/mol. The third-order valence-corrected chi connectivity index (χ3v) is 6.03. The Bertz CT molecular complexity index is 586. The molecule has 7 heteroatoms. The van der Waals surface area contributed by atoms with Crippen LogP contribution in [0.5, 0.6) is 0 Å². The SMILES string of the molecule is CC=C1C[C@@H](C)[C@@](C)(O)C(=O)OC[C@@H]2[C@@H]3[C@@H](CCN3C[C@H]2O)OC1=O. The van der Waals surface area contributed by atoms with E-state index >= 15 is 0 Å². The second kappa shape index (κ2) is 6.70. The molecule has 3 heterocycles. The fourth-order valence-electron chi connectivity index (χ4n) is 4.13. The van der Waals surface area contributed by atoms with Crippen molar-refractivity contribution in [3.63, 3.8) is 0 Å². The molecule has 3 aliphatic rings. The van der Waals surface area contributed by atoms with Gasteiger partial charge in [0, 0.05) is 24.6 Å². The average molecular weight is 353 g/mol. The highest BCUT2D eigenvalue weighted by Crippen LogP contribution is 2.37. The Morgan fingerprint density at radius 3 is 2.76 bits per heavy atom. The Kier molecular flexibility index (Phi) is 4.92. The van der Waals surface area contributed by atoms with Gasteiger partial charge in [0.15, 0.2) is 5.60 Å². The molecule has 0 aromatic heterocycles. The van der Waals surface area contributed by atoms with Crippen LogP contribution < -0.4 is 0 Å². The maximum atomic E-state index is 12.6. The van der Waals surface area contributed by atoms with Crippen LogP contribution >= 0.6 is 0 Å². The van der Waals surface area contributed by atoms with Gasteiger partial charge in [-0.15, -0.1) is 0 Å². The van der Waals surface area contributed by atoms with Gasteiger partial charge in [0.1, 0.15) is 6.10 Å². The molecule has 0 amide bonds. The minimum absolute atomic E-state index is 0.00849. The van der Waals surface area contributed by atoms with E-state index in [0.717, 1.165) is 6.54 Å². The summed E-state index contributed by atoms with van der Waals surface area (Å²) < 4.78 is 11.1. The van der Waals surface area contributed by atoms with Crippen LogP contribution in [-0.2, 0) is 19.1 Å². The van der Waals surface area contributed by atoms with Crippen LogP contribution in [0.3, 0.4) is 0 Å². The number of carbonyl (C=O) groups excluding carboxylic acids is 2. The average Bonchev–Trinajstić information content (AvgIpc) is 3.08. The van der Waals surface area contributed by atoms with Gasteiger partial charge in [-0.3, -0.25) is 4.90 Å². The zero-order valence-corrected chi connectivity index (χ0v) is 15.0. The predicted octanol–water partition coefficient (Wildman–Crippen LogP) is 0.243. The van der Waals surface area contributed by atoms with Gasteiger partial charge in [-0.25, -0.2) is 9.59 Å². The van der Waals surface area contributed by atoms with Gasteiger partial charge < -0.3 is 19.7 Å². The Morgan fingerprint density at radius 2 is 2.08 bits per heavy atom. The normalized spacial score (nSPS) is 44.7. The van der Waals surface area contributed by atoms with Crippen LogP contribution in [0.2, 0.25) is 0 Å². The van der Waals surface area contributed by atoms with E-state index < -0.39 is 29.6 Å². The van der Waals surface area contributed by atoms with Crippen LogP contribution in [0.4, 0.5) is 0 Å². The molecule has 0 unspecified atom stereocenters. The van der Waals surface area contributed by atoms with E-state index in [1.54, 1.807) is 19.9 Å². The molecule has 140 valence electrons. The third-order valence-electron chi connectivity index (χ3n) is 6.03.